The fourth-order valence-electron chi connectivity index (χ4n) is 2.12. The van der Waals surface area contributed by atoms with E-state index in [4.69, 9.17) is 0 Å². The van der Waals surface area contributed by atoms with Gasteiger partial charge in [0, 0.05) is 28.4 Å². The molecule has 7 heteroatoms. The van der Waals surface area contributed by atoms with Gasteiger partial charge in [0.1, 0.15) is 5.52 Å². The van der Waals surface area contributed by atoms with Crippen molar-refractivity contribution in [3.05, 3.63) is 51.7 Å². The molecule has 3 aromatic rings. The summed E-state index contributed by atoms with van der Waals surface area (Å²) in [7, 11) is 0. The number of nitrogens with one attached hydrogen (secondary N) is 2. The zero-order chi connectivity index (χ0) is 16.1. The predicted octanol–water partition coefficient (Wildman–Crippen LogP) is 3.53. The summed E-state index contributed by atoms with van der Waals surface area (Å²) >= 11 is 3.64. The topological polar surface area (TPSA) is 66.9 Å². The Balaban J connectivity index is 1.44. The van der Waals surface area contributed by atoms with Gasteiger partial charge in [0.25, 0.3) is 5.91 Å². The first-order chi connectivity index (χ1) is 11.2. The number of hydrogen-bond acceptors (Lipinski definition) is 5. The van der Waals surface area contributed by atoms with Crippen LogP contribution in [0.5, 0.6) is 0 Å². The molecule has 2 aromatic heterocycles. The quantitative estimate of drug-likeness (QED) is 0.457. The highest BCUT2D eigenvalue weighted by molar-refractivity contribution is 14.1. The van der Waals surface area contributed by atoms with Gasteiger partial charge in [0.15, 0.2) is 5.82 Å². The molecular formula is C16H15IN4OS. The van der Waals surface area contributed by atoms with Crippen molar-refractivity contribution >= 4 is 56.1 Å². The van der Waals surface area contributed by atoms with Crippen LogP contribution in [-0.2, 0) is 0 Å². The van der Waals surface area contributed by atoms with E-state index in [1.165, 1.54) is 11.5 Å². The van der Waals surface area contributed by atoms with E-state index in [9.17, 15) is 4.79 Å². The van der Waals surface area contributed by atoms with E-state index in [2.05, 4.69) is 42.6 Å². The molecule has 1 aromatic carbocycles. The molecule has 2 heterocycles. The van der Waals surface area contributed by atoms with E-state index in [1.54, 1.807) is 6.20 Å². The minimum absolute atomic E-state index is 0.0377. The lowest BCUT2D eigenvalue weighted by atomic mass is 10.2. The monoisotopic (exact) mass is 438 g/mol. The number of anilines is 1. The second-order valence-electron chi connectivity index (χ2n) is 4.93. The highest BCUT2D eigenvalue weighted by Crippen LogP contribution is 2.23. The van der Waals surface area contributed by atoms with Crippen molar-refractivity contribution in [2.24, 2.45) is 0 Å². The van der Waals surface area contributed by atoms with Gasteiger partial charge in [-0.15, -0.1) is 0 Å². The van der Waals surface area contributed by atoms with Gasteiger partial charge in [0.05, 0.1) is 4.70 Å². The van der Waals surface area contributed by atoms with Crippen molar-refractivity contribution in [2.75, 3.05) is 18.4 Å². The molecule has 1 amide bonds. The Labute approximate surface area is 151 Å². The summed E-state index contributed by atoms with van der Waals surface area (Å²) in [5, 5.41) is 6.20. The molecule has 23 heavy (non-hydrogen) atoms. The van der Waals surface area contributed by atoms with Crippen molar-refractivity contribution in [3.8, 4) is 0 Å². The summed E-state index contributed by atoms with van der Waals surface area (Å²) in [4.78, 5) is 16.3. The van der Waals surface area contributed by atoms with Gasteiger partial charge in [-0.1, -0.05) is 6.07 Å². The van der Waals surface area contributed by atoms with E-state index in [1.807, 2.05) is 36.4 Å². The van der Waals surface area contributed by atoms with E-state index in [0.717, 1.165) is 32.6 Å². The molecule has 2 N–H and O–H groups in total. The zero-order valence-corrected chi connectivity index (χ0v) is 15.2. The summed E-state index contributed by atoms with van der Waals surface area (Å²) in [6.45, 7) is 1.36. The molecule has 0 saturated carbocycles. The molecule has 0 aliphatic heterocycles. The van der Waals surface area contributed by atoms with Gasteiger partial charge in [-0.05, 0) is 70.9 Å². The number of rotatable bonds is 6. The first-order valence-electron chi connectivity index (χ1n) is 7.22. The number of nitrogens with zero attached hydrogens (tertiary/aromatic N) is 2. The Morgan fingerprint density at radius 2 is 2.13 bits per heavy atom. The molecule has 0 unspecified atom stereocenters. The molecule has 5 nitrogen and oxygen atoms in total. The summed E-state index contributed by atoms with van der Waals surface area (Å²) in [5.74, 6) is 0.777. The van der Waals surface area contributed by atoms with Crippen molar-refractivity contribution in [2.45, 2.75) is 6.42 Å². The minimum atomic E-state index is -0.0377. The largest absolute Gasteiger partial charge is 0.367 e. The average molecular weight is 438 g/mol. The molecule has 0 radical (unpaired) electrons. The summed E-state index contributed by atoms with van der Waals surface area (Å²) in [5.41, 5.74) is 1.60. The molecule has 0 bridgehead atoms. The SMILES string of the molecule is O=C(NCCCNc1nsc2cccnc12)c1cccc(I)c1. The number of pyridine rings is 1. The first kappa shape index (κ1) is 16.1. The lowest BCUT2D eigenvalue weighted by molar-refractivity contribution is 0.0953. The number of hydrogen-bond donors (Lipinski definition) is 2. The molecule has 3 rings (SSSR count). The maximum absolute atomic E-state index is 12.0. The normalized spacial score (nSPS) is 10.7. The molecule has 0 saturated heterocycles. The number of benzene rings is 1. The van der Waals surface area contributed by atoms with Crippen LogP contribution in [-0.4, -0.2) is 28.4 Å². The fourth-order valence-corrected chi connectivity index (χ4v) is 3.38. The Hall–Kier alpha value is -1.74. The molecule has 0 spiro atoms. The number of fused-ring (bicyclic) bond motifs is 1. The van der Waals surface area contributed by atoms with Gasteiger partial charge in [-0.2, -0.15) is 4.37 Å². The third kappa shape index (κ3) is 4.17. The van der Waals surface area contributed by atoms with Crippen molar-refractivity contribution in [1.82, 2.24) is 14.7 Å². The molecule has 0 aliphatic rings. The maximum Gasteiger partial charge on any atom is 0.251 e. The Morgan fingerprint density at radius 3 is 3.00 bits per heavy atom. The van der Waals surface area contributed by atoms with Gasteiger partial charge in [-0.25, -0.2) is 0 Å². The second kappa shape index (κ2) is 7.69. The summed E-state index contributed by atoms with van der Waals surface area (Å²) < 4.78 is 6.49. The average Bonchev–Trinajstić information content (AvgIpc) is 2.98. The first-order valence-corrected chi connectivity index (χ1v) is 9.07. The maximum atomic E-state index is 12.0. The number of aromatic nitrogens is 2. The van der Waals surface area contributed by atoms with Crippen LogP contribution in [0.25, 0.3) is 10.2 Å². The molecule has 0 aliphatic carbocycles. The zero-order valence-electron chi connectivity index (χ0n) is 12.3. The highest BCUT2D eigenvalue weighted by atomic mass is 127. The highest BCUT2D eigenvalue weighted by Gasteiger charge is 2.07. The van der Waals surface area contributed by atoms with E-state index in [-0.39, 0.29) is 5.91 Å². The van der Waals surface area contributed by atoms with Crippen LogP contribution in [0.4, 0.5) is 5.82 Å². The van der Waals surface area contributed by atoms with Crippen molar-refractivity contribution in [1.29, 1.82) is 0 Å². The third-order valence-electron chi connectivity index (χ3n) is 3.25. The fraction of sp³-hybridized carbons (Fsp3) is 0.188. The number of carbonyl (C=O) groups excluding carboxylic acids is 1. The Bertz CT molecular complexity index is 820. The summed E-state index contributed by atoms with van der Waals surface area (Å²) in [6, 6.07) is 11.5. The Morgan fingerprint density at radius 1 is 1.22 bits per heavy atom. The van der Waals surface area contributed by atoms with E-state index in [0.29, 0.717) is 12.1 Å². The van der Waals surface area contributed by atoms with Crippen LogP contribution in [0.2, 0.25) is 0 Å². The molecular weight excluding hydrogens is 423 g/mol. The molecule has 0 fully saturated rings. The molecule has 0 atom stereocenters. The van der Waals surface area contributed by atoms with Crippen molar-refractivity contribution < 1.29 is 4.79 Å². The van der Waals surface area contributed by atoms with Gasteiger partial charge < -0.3 is 10.6 Å². The van der Waals surface area contributed by atoms with Crippen LogP contribution in [0, 0.1) is 3.57 Å². The minimum Gasteiger partial charge on any atom is -0.367 e. The standard InChI is InChI=1S/C16H15IN4OS/c17-12-5-1-4-11(10-12)16(22)20-9-3-8-19-15-14-13(23-21-15)6-2-7-18-14/h1-2,4-7,10H,3,8-9H2,(H,19,21)(H,20,22). The second-order valence-corrected chi connectivity index (χ2v) is 6.98. The number of halogens is 1. The number of amides is 1. The van der Waals surface area contributed by atoms with Crippen LogP contribution in [0.15, 0.2) is 42.6 Å². The van der Waals surface area contributed by atoms with Gasteiger partial charge >= 0.3 is 0 Å². The van der Waals surface area contributed by atoms with E-state index < -0.39 is 0 Å². The van der Waals surface area contributed by atoms with Gasteiger partial charge in [-0.3, -0.25) is 9.78 Å². The van der Waals surface area contributed by atoms with Crippen LogP contribution in [0.1, 0.15) is 16.8 Å². The van der Waals surface area contributed by atoms with Crippen LogP contribution >= 0.6 is 34.1 Å². The molecule has 118 valence electrons. The number of carbonyl (C=O) groups is 1. The lowest BCUT2D eigenvalue weighted by Gasteiger charge is -2.06. The van der Waals surface area contributed by atoms with Gasteiger partial charge in [0.2, 0.25) is 0 Å². The smallest absolute Gasteiger partial charge is 0.251 e. The predicted molar refractivity (Wildman–Crippen MR) is 102 cm³/mol. The summed E-state index contributed by atoms with van der Waals surface area (Å²) in [6.07, 6.45) is 2.59. The van der Waals surface area contributed by atoms with Crippen LogP contribution in [0.3, 0.4) is 0 Å². The van der Waals surface area contributed by atoms with E-state index >= 15 is 0 Å². The lowest BCUT2D eigenvalue weighted by Crippen LogP contribution is -2.25. The third-order valence-corrected chi connectivity index (χ3v) is 4.72. The van der Waals surface area contributed by atoms with Crippen LogP contribution < -0.4 is 10.6 Å². The van der Waals surface area contributed by atoms with Crippen molar-refractivity contribution in [3.63, 3.8) is 0 Å². The Kier molecular flexibility index (Phi) is 5.39.